The minimum Gasteiger partial charge on any atom is -0.460 e. The van der Waals surface area contributed by atoms with E-state index in [1.54, 1.807) is 18.5 Å². The molecule has 1 amide bonds. The summed E-state index contributed by atoms with van der Waals surface area (Å²) in [6.07, 6.45) is 7.07. The van der Waals surface area contributed by atoms with Crippen LogP contribution in [0.25, 0.3) is 0 Å². The van der Waals surface area contributed by atoms with E-state index in [9.17, 15) is 4.79 Å². The van der Waals surface area contributed by atoms with Gasteiger partial charge in [-0.25, -0.2) is 9.97 Å². The summed E-state index contributed by atoms with van der Waals surface area (Å²) in [6.45, 7) is 2.07. The van der Waals surface area contributed by atoms with Crippen LogP contribution in [0.15, 0.2) is 42.7 Å². The predicted molar refractivity (Wildman–Crippen MR) is 105 cm³/mol. The number of likely N-dealkylation sites (tertiary alicyclic amines) is 1. The average molecular weight is 402 g/mol. The van der Waals surface area contributed by atoms with Gasteiger partial charge in [0.15, 0.2) is 0 Å². The largest absolute Gasteiger partial charge is 0.460 e. The molecule has 7 heteroatoms. The quantitative estimate of drug-likeness (QED) is 0.786. The topological polar surface area (TPSA) is 64.6 Å². The highest BCUT2D eigenvalue weighted by molar-refractivity contribution is 6.30. The number of hydrogen-bond donors (Lipinski definition) is 0. The van der Waals surface area contributed by atoms with Crippen molar-refractivity contribution in [3.63, 3.8) is 0 Å². The van der Waals surface area contributed by atoms with Gasteiger partial charge in [0.1, 0.15) is 6.10 Å². The number of carbonyl (C=O) groups is 1. The van der Waals surface area contributed by atoms with Gasteiger partial charge in [-0.05, 0) is 36.6 Å². The molecule has 6 nitrogen and oxygen atoms in total. The highest BCUT2D eigenvalue weighted by Crippen LogP contribution is 2.36. The van der Waals surface area contributed by atoms with Gasteiger partial charge < -0.3 is 14.4 Å². The van der Waals surface area contributed by atoms with Crippen molar-refractivity contribution in [2.24, 2.45) is 0 Å². The van der Waals surface area contributed by atoms with E-state index in [0.717, 1.165) is 31.2 Å². The van der Waals surface area contributed by atoms with E-state index in [1.807, 2.05) is 29.2 Å². The van der Waals surface area contributed by atoms with Crippen molar-refractivity contribution >= 4 is 17.5 Å². The number of aromatic nitrogens is 2. The zero-order valence-corrected chi connectivity index (χ0v) is 16.5. The summed E-state index contributed by atoms with van der Waals surface area (Å²) < 4.78 is 12.1. The molecule has 0 bridgehead atoms. The summed E-state index contributed by atoms with van der Waals surface area (Å²) in [4.78, 5) is 22.9. The van der Waals surface area contributed by atoms with Crippen LogP contribution >= 0.6 is 11.6 Å². The second-order valence-corrected chi connectivity index (χ2v) is 7.92. The molecular formula is C21H24ClN3O3. The Balaban J connectivity index is 1.31. The third-order valence-corrected chi connectivity index (χ3v) is 5.77. The number of amides is 1. The molecule has 2 aliphatic rings. The molecule has 28 heavy (non-hydrogen) atoms. The molecule has 2 aliphatic heterocycles. The fourth-order valence-corrected chi connectivity index (χ4v) is 4.24. The molecule has 1 unspecified atom stereocenters. The molecule has 1 aromatic carbocycles. The van der Waals surface area contributed by atoms with E-state index in [4.69, 9.17) is 21.1 Å². The number of hydrogen-bond acceptors (Lipinski definition) is 5. The molecule has 1 atom stereocenters. The van der Waals surface area contributed by atoms with Crippen LogP contribution in [-0.4, -0.2) is 52.2 Å². The Morgan fingerprint density at radius 2 is 2.04 bits per heavy atom. The van der Waals surface area contributed by atoms with Crippen LogP contribution in [0.3, 0.4) is 0 Å². The van der Waals surface area contributed by atoms with Crippen molar-refractivity contribution in [3.05, 3.63) is 53.3 Å². The van der Waals surface area contributed by atoms with Crippen LogP contribution in [0.1, 0.15) is 31.2 Å². The lowest BCUT2D eigenvalue weighted by molar-refractivity contribution is -0.151. The highest BCUT2D eigenvalue weighted by Gasteiger charge is 2.42. The maximum atomic E-state index is 12.7. The van der Waals surface area contributed by atoms with Gasteiger partial charge in [0.05, 0.1) is 18.6 Å². The van der Waals surface area contributed by atoms with Gasteiger partial charge in [0.25, 0.3) is 0 Å². The van der Waals surface area contributed by atoms with Crippen molar-refractivity contribution < 1.29 is 14.3 Å². The SMILES string of the molecule is O=C(Cc1cccc(Cl)c1)N1CCC2(CC1)CC(Oc1ncccn1)CCO2. The number of rotatable bonds is 4. The summed E-state index contributed by atoms with van der Waals surface area (Å²) >= 11 is 6.02. The molecule has 3 heterocycles. The van der Waals surface area contributed by atoms with Gasteiger partial charge in [0, 0.05) is 43.3 Å². The van der Waals surface area contributed by atoms with E-state index in [1.165, 1.54) is 0 Å². The Morgan fingerprint density at radius 3 is 2.79 bits per heavy atom. The molecule has 1 spiro atoms. The fraction of sp³-hybridized carbons (Fsp3) is 0.476. The monoisotopic (exact) mass is 401 g/mol. The number of halogens is 1. The zero-order valence-electron chi connectivity index (χ0n) is 15.7. The van der Waals surface area contributed by atoms with E-state index >= 15 is 0 Å². The van der Waals surface area contributed by atoms with Crippen LogP contribution in [0.2, 0.25) is 5.02 Å². The van der Waals surface area contributed by atoms with Crippen LogP contribution < -0.4 is 4.74 Å². The lowest BCUT2D eigenvalue weighted by Gasteiger charge is -2.45. The van der Waals surface area contributed by atoms with Crippen LogP contribution in [0.4, 0.5) is 0 Å². The van der Waals surface area contributed by atoms with Crippen molar-refractivity contribution in [3.8, 4) is 6.01 Å². The molecule has 0 aliphatic carbocycles. The van der Waals surface area contributed by atoms with Gasteiger partial charge in [0.2, 0.25) is 5.91 Å². The second-order valence-electron chi connectivity index (χ2n) is 7.48. The van der Waals surface area contributed by atoms with Gasteiger partial charge in [-0.15, -0.1) is 0 Å². The van der Waals surface area contributed by atoms with Crippen molar-refractivity contribution in [1.82, 2.24) is 14.9 Å². The van der Waals surface area contributed by atoms with Crippen molar-refractivity contribution in [2.75, 3.05) is 19.7 Å². The number of benzene rings is 1. The van der Waals surface area contributed by atoms with E-state index in [2.05, 4.69) is 9.97 Å². The maximum Gasteiger partial charge on any atom is 0.316 e. The van der Waals surface area contributed by atoms with E-state index < -0.39 is 0 Å². The van der Waals surface area contributed by atoms with E-state index in [-0.39, 0.29) is 17.6 Å². The molecule has 2 fully saturated rings. The molecule has 2 saturated heterocycles. The minimum atomic E-state index is -0.218. The van der Waals surface area contributed by atoms with Crippen molar-refractivity contribution in [2.45, 2.75) is 43.8 Å². The van der Waals surface area contributed by atoms with E-state index in [0.29, 0.717) is 37.2 Å². The normalized spacial score (nSPS) is 21.5. The Kier molecular flexibility index (Phi) is 5.78. The zero-order chi connectivity index (χ0) is 19.4. The Bertz CT molecular complexity index is 810. The lowest BCUT2D eigenvalue weighted by Crippen LogP contribution is -2.52. The summed E-state index contributed by atoms with van der Waals surface area (Å²) in [7, 11) is 0. The predicted octanol–water partition coefficient (Wildman–Crippen LogP) is 3.29. The van der Waals surface area contributed by atoms with Gasteiger partial charge >= 0.3 is 6.01 Å². The first-order valence-electron chi connectivity index (χ1n) is 9.72. The Labute approximate surface area is 169 Å². The number of carbonyl (C=O) groups excluding carboxylic acids is 1. The Hall–Kier alpha value is -2.18. The summed E-state index contributed by atoms with van der Waals surface area (Å²) in [5.41, 5.74) is 0.730. The molecular weight excluding hydrogens is 378 g/mol. The minimum absolute atomic E-state index is 0.0462. The molecule has 148 valence electrons. The molecule has 1 aromatic heterocycles. The smallest absolute Gasteiger partial charge is 0.316 e. The average Bonchev–Trinajstić information content (AvgIpc) is 2.69. The third-order valence-electron chi connectivity index (χ3n) is 5.53. The first-order chi connectivity index (χ1) is 13.6. The maximum absolute atomic E-state index is 12.7. The standard InChI is InChI=1S/C21H24ClN3O3/c22-17-4-1-3-16(13-17)14-19(26)25-10-6-21(7-11-25)15-18(5-12-27-21)28-20-23-8-2-9-24-20/h1-4,8-9,13,18H,5-7,10-12,14-15H2. The molecule has 0 saturated carbocycles. The summed E-state index contributed by atoms with van der Waals surface area (Å²) in [6, 6.07) is 9.67. The van der Waals surface area contributed by atoms with Crippen LogP contribution in [0.5, 0.6) is 6.01 Å². The summed E-state index contributed by atoms with van der Waals surface area (Å²) in [5, 5.41) is 0.659. The second kappa shape index (κ2) is 8.45. The summed E-state index contributed by atoms with van der Waals surface area (Å²) in [5.74, 6) is 0.137. The van der Waals surface area contributed by atoms with Crippen LogP contribution in [0, 0.1) is 0 Å². The van der Waals surface area contributed by atoms with Gasteiger partial charge in [-0.1, -0.05) is 23.7 Å². The third kappa shape index (κ3) is 4.62. The first kappa shape index (κ1) is 19.2. The van der Waals surface area contributed by atoms with Gasteiger partial charge in [-0.3, -0.25) is 4.79 Å². The fourth-order valence-electron chi connectivity index (χ4n) is 4.02. The number of ether oxygens (including phenoxy) is 2. The molecule has 4 rings (SSSR count). The highest BCUT2D eigenvalue weighted by atomic mass is 35.5. The van der Waals surface area contributed by atoms with Gasteiger partial charge in [-0.2, -0.15) is 0 Å². The molecule has 0 N–H and O–H groups in total. The van der Waals surface area contributed by atoms with Crippen LogP contribution in [-0.2, 0) is 16.0 Å². The lowest BCUT2D eigenvalue weighted by atomic mass is 9.83. The molecule has 2 aromatic rings. The molecule has 0 radical (unpaired) electrons. The first-order valence-corrected chi connectivity index (χ1v) is 10.1. The number of piperidine rings is 1. The Morgan fingerprint density at radius 1 is 1.25 bits per heavy atom. The number of nitrogens with zero attached hydrogens (tertiary/aromatic N) is 3. The van der Waals surface area contributed by atoms with Crippen molar-refractivity contribution in [1.29, 1.82) is 0 Å².